The van der Waals surface area contributed by atoms with Gasteiger partial charge in [-0.2, -0.15) is 0 Å². The third-order valence-electron chi connectivity index (χ3n) is 7.56. The Bertz CT molecular complexity index is 1670. The Balaban J connectivity index is 1.26. The minimum absolute atomic E-state index is 0.0117. The summed E-state index contributed by atoms with van der Waals surface area (Å²) >= 11 is 0. The zero-order chi connectivity index (χ0) is 32.1. The van der Waals surface area contributed by atoms with E-state index in [0.29, 0.717) is 56.0 Å². The minimum Gasteiger partial charge on any atom is -0.493 e. The number of aromatic nitrogens is 3. The third kappa shape index (κ3) is 8.85. The highest BCUT2D eigenvalue weighted by atomic mass is 16.5. The summed E-state index contributed by atoms with van der Waals surface area (Å²) in [7, 11) is 1.84. The second-order valence-corrected chi connectivity index (χ2v) is 10.9. The van der Waals surface area contributed by atoms with Crippen molar-refractivity contribution in [1.29, 1.82) is 0 Å². The van der Waals surface area contributed by atoms with Crippen molar-refractivity contribution in [3.05, 3.63) is 84.0 Å². The number of benzene rings is 1. The maximum absolute atomic E-state index is 12.6. The molecular formula is C35H42N6O5. The lowest BCUT2D eigenvalue weighted by atomic mass is 10.1. The van der Waals surface area contributed by atoms with Crippen molar-refractivity contribution in [2.24, 2.45) is 0 Å². The molecule has 0 bridgehead atoms. The van der Waals surface area contributed by atoms with Crippen LogP contribution in [0.15, 0.2) is 67.1 Å². The largest absolute Gasteiger partial charge is 0.493 e. The molecule has 4 aromatic rings. The van der Waals surface area contributed by atoms with E-state index >= 15 is 0 Å². The number of nitrogens with zero attached hydrogens (tertiary/aromatic N) is 3. The molecule has 3 aromatic heterocycles. The van der Waals surface area contributed by atoms with E-state index < -0.39 is 5.97 Å². The lowest BCUT2D eigenvalue weighted by Crippen LogP contribution is -2.30. The number of rotatable bonds is 16. The van der Waals surface area contributed by atoms with Crippen LogP contribution in [-0.2, 0) is 27.2 Å². The van der Waals surface area contributed by atoms with Crippen LogP contribution in [0.4, 0.5) is 5.82 Å². The molecular weight excluding hydrogens is 584 g/mol. The number of hydrogen-bond acceptors (Lipinski definition) is 9. The molecule has 11 heteroatoms. The number of anilines is 1. The van der Waals surface area contributed by atoms with Gasteiger partial charge in [0.05, 0.1) is 37.2 Å². The molecule has 46 heavy (non-hydrogen) atoms. The summed E-state index contributed by atoms with van der Waals surface area (Å²) in [5.74, 6) is 1.82. The number of amides is 1. The van der Waals surface area contributed by atoms with Crippen LogP contribution < -0.4 is 25.4 Å². The average molecular weight is 627 g/mol. The monoisotopic (exact) mass is 626 g/mol. The Hall–Kier alpha value is -4.90. The zero-order valence-corrected chi connectivity index (χ0v) is 26.5. The normalized spacial score (nSPS) is 12.7. The molecule has 1 aliphatic heterocycles. The third-order valence-corrected chi connectivity index (χ3v) is 7.56. The summed E-state index contributed by atoms with van der Waals surface area (Å²) in [5.41, 5.74) is 4.44. The summed E-state index contributed by atoms with van der Waals surface area (Å²) in [4.78, 5) is 33.7. The highest BCUT2D eigenvalue weighted by Gasteiger charge is 2.14. The Morgan fingerprint density at radius 1 is 1.04 bits per heavy atom. The van der Waals surface area contributed by atoms with Crippen LogP contribution in [0.5, 0.6) is 11.5 Å². The molecule has 4 heterocycles. The standard InChI is InChI=1S/C35H42N6O5/c1-3-44-34(43)22-32(27-21-30(24-37-23-27)45-18-5-7-33(42)38-16-15-36-2)41-17-12-26-20-29(10-11-31(26)41)46-19-13-28-9-8-25-6-4-14-39-35(25)40-28/h8-12,17,20-24,36H,3-7,13-16,18-19H2,1-2H3,(H,38,42)(H,39,40)/b32-22-. The number of nitrogens with one attached hydrogen (secondary N) is 3. The van der Waals surface area contributed by atoms with Gasteiger partial charge in [0.15, 0.2) is 0 Å². The van der Waals surface area contributed by atoms with Gasteiger partial charge in [0, 0.05) is 67.6 Å². The molecule has 0 unspecified atom stereocenters. The number of carbonyl (C=O) groups is 2. The highest BCUT2D eigenvalue weighted by molar-refractivity contribution is 5.95. The molecule has 0 atom stereocenters. The Morgan fingerprint density at radius 3 is 2.80 bits per heavy atom. The van der Waals surface area contributed by atoms with E-state index in [1.165, 1.54) is 11.6 Å². The fourth-order valence-electron chi connectivity index (χ4n) is 5.27. The first-order chi connectivity index (χ1) is 22.5. The molecule has 5 rings (SSSR count). The number of aryl methyl sites for hydroxylation is 1. The van der Waals surface area contributed by atoms with Gasteiger partial charge >= 0.3 is 5.97 Å². The van der Waals surface area contributed by atoms with Gasteiger partial charge in [-0.3, -0.25) is 9.78 Å². The number of carbonyl (C=O) groups excluding carboxylic acids is 2. The van der Waals surface area contributed by atoms with E-state index in [4.69, 9.17) is 19.2 Å². The second-order valence-electron chi connectivity index (χ2n) is 10.9. The van der Waals surface area contributed by atoms with Gasteiger partial charge in [-0.25, -0.2) is 9.78 Å². The van der Waals surface area contributed by atoms with Crippen LogP contribution >= 0.6 is 0 Å². The molecule has 11 nitrogen and oxygen atoms in total. The number of pyridine rings is 2. The summed E-state index contributed by atoms with van der Waals surface area (Å²) in [5, 5.41) is 10.2. The van der Waals surface area contributed by atoms with Crippen molar-refractivity contribution in [2.75, 3.05) is 51.8 Å². The summed E-state index contributed by atoms with van der Waals surface area (Å²) in [6, 6.07) is 13.9. The highest BCUT2D eigenvalue weighted by Crippen LogP contribution is 2.29. The molecule has 242 valence electrons. The van der Waals surface area contributed by atoms with Crippen molar-refractivity contribution in [2.45, 2.75) is 39.0 Å². The van der Waals surface area contributed by atoms with Crippen molar-refractivity contribution in [3.63, 3.8) is 0 Å². The quantitative estimate of drug-likeness (QED) is 0.0944. The topological polar surface area (TPSA) is 129 Å². The van der Waals surface area contributed by atoms with Crippen molar-refractivity contribution >= 4 is 34.3 Å². The van der Waals surface area contributed by atoms with Crippen LogP contribution in [0.3, 0.4) is 0 Å². The van der Waals surface area contributed by atoms with Gasteiger partial charge in [-0.05, 0) is 75.2 Å². The van der Waals surface area contributed by atoms with Gasteiger partial charge < -0.3 is 34.7 Å². The van der Waals surface area contributed by atoms with Crippen LogP contribution in [0.2, 0.25) is 0 Å². The number of hydrogen-bond donors (Lipinski definition) is 3. The number of likely N-dealkylation sites (N-methyl/N-ethyl adjacent to an activating group) is 1. The number of ether oxygens (including phenoxy) is 3. The summed E-state index contributed by atoms with van der Waals surface area (Å²) in [6.45, 7) is 5.17. The van der Waals surface area contributed by atoms with E-state index in [2.05, 4.69) is 33.1 Å². The predicted octanol–water partition coefficient (Wildman–Crippen LogP) is 4.36. The summed E-state index contributed by atoms with van der Waals surface area (Å²) < 4.78 is 19.2. The first-order valence-electron chi connectivity index (χ1n) is 15.9. The predicted molar refractivity (Wildman–Crippen MR) is 178 cm³/mol. The van der Waals surface area contributed by atoms with E-state index in [9.17, 15) is 9.59 Å². The molecule has 0 saturated carbocycles. The van der Waals surface area contributed by atoms with Gasteiger partial charge in [0.1, 0.15) is 17.3 Å². The molecule has 3 N–H and O–H groups in total. The second kappa shape index (κ2) is 16.4. The maximum Gasteiger partial charge on any atom is 0.332 e. The Labute approximate surface area is 269 Å². The van der Waals surface area contributed by atoms with Crippen molar-refractivity contribution in [3.8, 4) is 11.5 Å². The fourth-order valence-corrected chi connectivity index (χ4v) is 5.27. The number of fused-ring (bicyclic) bond motifs is 2. The van der Waals surface area contributed by atoms with E-state index in [0.717, 1.165) is 54.1 Å². The van der Waals surface area contributed by atoms with Gasteiger partial charge in [-0.15, -0.1) is 0 Å². The first kappa shape index (κ1) is 32.5. The molecule has 1 aliphatic rings. The molecule has 0 fully saturated rings. The van der Waals surface area contributed by atoms with E-state index in [1.807, 2.05) is 48.1 Å². The SMILES string of the molecule is CCOC(=O)/C=C(/c1cncc(OCCCC(=O)NCCNC)c1)n1ccc2cc(OCCc3ccc4c(n3)NCCC4)ccc21. The van der Waals surface area contributed by atoms with Crippen LogP contribution in [-0.4, -0.2) is 72.9 Å². The molecule has 0 radical (unpaired) electrons. The van der Waals surface area contributed by atoms with Gasteiger partial charge in [-0.1, -0.05) is 6.07 Å². The van der Waals surface area contributed by atoms with E-state index in [-0.39, 0.29) is 12.5 Å². The minimum atomic E-state index is -0.458. The fraction of sp³-hybridized carbons (Fsp3) is 0.371. The molecule has 0 aliphatic carbocycles. The lowest BCUT2D eigenvalue weighted by Gasteiger charge is -2.17. The van der Waals surface area contributed by atoms with Gasteiger partial charge in [0.25, 0.3) is 0 Å². The van der Waals surface area contributed by atoms with Crippen molar-refractivity contribution in [1.82, 2.24) is 25.2 Å². The molecule has 0 saturated heterocycles. The molecule has 1 amide bonds. The van der Waals surface area contributed by atoms with Crippen LogP contribution in [0, 0.1) is 0 Å². The smallest absolute Gasteiger partial charge is 0.332 e. The lowest BCUT2D eigenvalue weighted by molar-refractivity contribution is -0.137. The zero-order valence-electron chi connectivity index (χ0n) is 26.5. The van der Waals surface area contributed by atoms with Crippen molar-refractivity contribution < 1.29 is 23.8 Å². The Kier molecular flexibility index (Phi) is 11.6. The number of esters is 1. The van der Waals surface area contributed by atoms with Crippen LogP contribution in [0.1, 0.15) is 43.0 Å². The maximum atomic E-state index is 12.6. The van der Waals surface area contributed by atoms with Gasteiger partial charge in [0.2, 0.25) is 5.91 Å². The summed E-state index contributed by atoms with van der Waals surface area (Å²) in [6.07, 6.45) is 10.5. The van der Waals surface area contributed by atoms with Crippen LogP contribution in [0.25, 0.3) is 16.6 Å². The molecule has 0 spiro atoms. The molecule has 1 aromatic carbocycles. The van der Waals surface area contributed by atoms with E-state index in [1.54, 1.807) is 19.3 Å². The Morgan fingerprint density at radius 2 is 1.93 bits per heavy atom. The average Bonchev–Trinajstić information content (AvgIpc) is 3.49. The first-order valence-corrected chi connectivity index (χ1v) is 15.9.